The van der Waals surface area contributed by atoms with E-state index in [2.05, 4.69) is 28.6 Å². The summed E-state index contributed by atoms with van der Waals surface area (Å²) in [5.74, 6) is 6.38. The third-order valence-electron chi connectivity index (χ3n) is 2.96. The van der Waals surface area contributed by atoms with Crippen LogP contribution in [0.4, 0.5) is 17.3 Å². The van der Waals surface area contributed by atoms with Crippen LogP contribution in [0.5, 0.6) is 0 Å². The van der Waals surface area contributed by atoms with E-state index in [1.165, 1.54) is 11.1 Å². The summed E-state index contributed by atoms with van der Waals surface area (Å²) in [6.45, 7) is 4.10. The first-order valence-electron chi connectivity index (χ1n) is 6.07. The quantitative estimate of drug-likeness (QED) is 0.663. The molecule has 0 spiro atoms. The number of hydrogen-bond acceptors (Lipinski definition) is 4. The third kappa shape index (κ3) is 2.98. The molecule has 0 aliphatic heterocycles. The van der Waals surface area contributed by atoms with Gasteiger partial charge in [0.25, 0.3) is 0 Å². The topological polar surface area (TPSA) is 54.2 Å². The lowest BCUT2D eigenvalue weighted by Gasteiger charge is -2.21. The van der Waals surface area contributed by atoms with E-state index in [0.717, 1.165) is 5.69 Å². The number of aryl methyl sites for hydroxylation is 2. The maximum absolute atomic E-state index is 6.23. The molecule has 0 atom stereocenters. The van der Waals surface area contributed by atoms with E-state index in [1.807, 2.05) is 25.8 Å². The van der Waals surface area contributed by atoms with Crippen LogP contribution in [0, 0.1) is 13.8 Å². The number of hydrogen-bond donors (Lipinski definition) is 2. The fourth-order valence-corrected chi connectivity index (χ4v) is 2.60. The van der Waals surface area contributed by atoms with Crippen LogP contribution >= 0.6 is 23.2 Å². The Balaban J connectivity index is 2.49. The second-order valence-electron chi connectivity index (χ2n) is 4.67. The standard InChI is InChI=1S/C14H16Cl2N4/c1-8-4-9(2)6-10(5-8)20(3)14-12(16)7-11(15)13(18-14)19-17/h4-7H,17H2,1-3H3,(H,18,19). The molecule has 6 heteroatoms. The van der Waals surface area contributed by atoms with Crippen molar-refractivity contribution in [2.24, 2.45) is 5.84 Å². The molecule has 0 amide bonds. The summed E-state index contributed by atoms with van der Waals surface area (Å²) in [5, 5.41) is 0.853. The van der Waals surface area contributed by atoms with Gasteiger partial charge in [0.15, 0.2) is 11.6 Å². The van der Waals surface area contributed by atoms with Gasteiger partial charge >= 0.3 is 0 Å². The van der Waals surface area contributed by atoms with Gasteiger partial charge in [0.2, 0.25) is 0 Å². The number of nitrogens with one attached hydrogen (secondary N) is 1. The lowest BCUT2D eigenvalue weighted by molar-refractivity contribution is 1.11. The minimum absolute atomic E-state index is 0.384. The van der Waals surface area contributed by atoms with E-state index in [1.54, 1.807) is 6.07 Å². The van der Waals surface area contributed by atoms with E-state index >= 15 is 0 Å². The van der Waals surface area contributed by atoms with Gasteiger partial charge in [0.05, 0.1) is 10.0 Å². The summed E-state index contributed by atoms with van der Waals surface area (Å²) in [4.78, 5) is 6.25. The van der Waals surface area contributed by atoms with Crippen LogP contribution in [0.25, 0.3) is 0 Å². The summed E-state index contributed by atoms with van der Waals surface area (Å²) in [7, 11) is 1.90. The molecule has 0 radical (unpaired) electrons. The first-order chi connectivity index (χ1) is 9.42. The minimum Gasteiger partial charge on any atom is -0.328 e. The SMILES string of the molecule is Cc1cc(C)cc(N(C)c2nc(NN)c(Cl)cc2Cl)c1. The van der Waals surface area contributed by atoms with Crippen molar-refractivity contribution >= 4 is 40.5 Å². The molecule has 0 fully saturated rings. The molecule has 4 nitrogen and oxygen atoms in total. The average Bonchev–Trinajstić information content (AvgIpc) is 2.37. The second-order valence-corrected chi connectivity index (χ2v) is 5.49. The molecule has 0 unspecified atom stereocenters. The van der Waals surface area contributed by atoms with Gasteiger partial charge < -0.3 is 10.3 Å². The Bertz CT molecular complexity index is 623. The number of anilines is 3. The lowest BCUT2D eigenvalue weighted by atomic mass is 10.1. The largest absolute Gasteiger partial charge is 0.328 e. The molecule has 1 heterocycles. The highest BCUT2D eigenvalue weighted by Gasteiger charge is 2.14. The summed E-state index contributed by atoms with van der Waals surface area (Å²) in [6.07, 6.45) is 0. The van der Waals surface area contributed by atoms with Crippen molar-refractivity contribution in [3.63, 3.8) is 0 Å². The zero-order valence-corrected chi connectivity index (χ0v) is 13.0. The predicted molar refractivity (Wildman–Crippen MR) is 86.0 cm³/mol. The maximum atomic E-state index is 6.23. The monoisotopic (exact) mass is 310 g/mol. The van der Waals surface area contributed by atoms with Crippen LogP contribution in [-0.4, -0.2) is 12.0 Å². The Morgan fingerprint density at radius 3 is 2.20 bits per heavy atom. The normalized spacial score (nSPS) is 10.5. The van der Waals surface area contributed by atoms with Crippen LogP contribution in [0.2, 0.25) is 10.0 Å². The first-order valence-corrected chi connectivity index (χ1v) is 6.82. The molecule has 3 N–H and O–H groups in total. The minimum atomic E-state index is 0.384. The van der Waals surface area contributed by atoms with Gasteiger partial charge in [0, 0.05) is 12.7 Å². The van der Waals surface area contributed by atoms with E-state index in [-0.39, 0.29) is 0 Å². The van der Waals surface area contributed by atoms with Crippen molar-refractivity contribution in [2.75, 3.05) is 17.4 Å². The molecule has 1 aromatic carbocycles. The molecule has 0 aliphatic carbocycles. The van der Waals surface area contributed by atoms with E-state index in [4.69, 9.17) is 29.0 Å². The summed E-state index contributed by atoms with van der Waals surface area (Å²) in [6, 6.07) is 7.87. The fourth-order valence-electron chi connectivity index (χ4n) is 2.06. The second kappa shape index (κ2) is 5.87. The molecule has 0 saturated carbocycles. The lowest BCUT2D eigenvalue weighted by Crippen LogP contribution is -2.15. The zero-order chi connectivity index (χ0) is 14.9. The molecule has 2 aromatic rings. The highest BCUT2D eigenvalue weighted by atomic mass is 35.5. The van der Waals surface area contributed by atoms with Gasteiger partial charge in [-0.25, -0.2) is 10.8 Å². The molecule has 2 rings (SSSR count). The number of nitrogen functional groups attached to an aromatic ring is 1. The number of rotatable bonds is 3. The molecule has 106 valence electrons. The Kier molecular flexibility index (Phi) is 4.38. The van der Waals surface area contributed by atoms with Gasteiger partial charge in [-0.1, -0.05) is 29.3 Å². The van der Waals surface area contributed by atoms with Crippen LogP contribution in [0.3, 0.4) is 0 Å². The van der Waals surface area contributed by atoms with Gasteiger partial charge in [-0.15, -0.1) is 0 Å². The number of nitrogens with two attached hydrogens (primary N) is 1. The molecule has 0 bridgehead atoms. The number of pyridine rings is 1. The summed E-state index contributed by atoms with van der Waals surface area (Å²) < 4.78 is 0. The van der Waals surface area contributed by atoms with Crippen molar-refractivity contribution in [1.29, 1.82) is 0 Å². The fraction of sp³-hybridized carbons (Fsp3) is 0.214. The highest BCUT2D eigenvalue weighted by molar-refractivity contribution is 6.37. The van der Waals surface area contributed by atoms with Crippen molar-refractivity contribution < 1.29 is 0 Å². The van der Waals surface area contributed by atoms with Crippen molar-refractivity contribution in [1.82, 2.24) is 4.98 Å². The number of nitrogens with zero attached hydrogens (tertiary/aromatic N) is 2. The Hall–Kier alpha value is -1.49. The van der Waals surface area contributed by atoms with E-state index in [9.17, 15) is 0 Å². The van der Waals surface area contributed by atoms with Crippen molar-refractivity contribution in [2.45, 2.75) is 13.8 Å². The smallest absolute Gasteiger partial charge is 0.161 e. The summed E-state index contributed by atoms with van der Waals surface area (Å²) in [5.41, 5.74) is 5.82. The summed E-state index contributed by atoms with van der Waals surface area (Å²) >= 11 is 12.2. The van der Waals surface area contributed by atoms with Crippen LogP contribution in [0.1, 0.15) is 11.1 Å². The highest BCUT2D eigenvalue weighted by Crippen LogP contribution is 2.34. The Morgan fingerprint density at radius 2 is 1.65 bits per heavy atom. The average molecular weight is 311 g/mol. The Morgan fingerprint density at radius 1 is 1.05 bits per heavy atom. The van der Waals surface area contributed by atoms with Gasteiger partial charge in [-0.2, -0.15) is 0 Å². The maximum Gasteiger partial charge on any atom is 0.161 e. The molecule has 0 aliphatic rings. The molecule has 0 saturated heterocycles. The zero-order valence-electron chi connectivity index (χ0n) is 11.5. The number of aromatic nitrogens is 1. The van der Waals surface area contributed by atoms with Crippen molar-refractivity contribution in [3.8, 4) is 0 Å². The van der Waals surface area contributed by atoms with Crippen LogP contribution in [-0.2, 0) is 0 Å². The third-order valence-corrected chi connectivity index (χ3v) is 3.53. The van der Waals surface area contributed by atoms with Crippen LogP contribution in [0.15, 0.2) is 24.3 Å². The van der Waals surface area contributed by atoms with Crippen molar-refractivity contribution in [3.05, 3.63) is 45.4 Å². The Labute approximate surface area is 128 Å². The van der Waals surface area contributed by atoms with Crippen LogP contribution < -0.4 is 16.2 Å². The van der Waals surface area contributed by atoms with E-state index < -0.39 is 0 Å². The first kappa shape index (κ1) is 14.9. The molecule has 20 heavy (non-hydrogen) atoms. The van der Waals surface area contributed by atoms with Gasteiger partial charge in [0.1, 0.15) is 0 Å². The molecular formula is C14H16Cl2N4. The number of benzene rings is 1. The molecular weight excluding hydrogens is 295 g/mol. The predicted octanol–water partition coefficient (Wildman–Crippen LogP) is 4.06. The van der Waals surface area contributed by atoms with Gasteiger partial charge in [-0.3, -0.25) is 0 Å². The number of hydrazine groups is 1. The number of halogens is 2. The molecule has 1 aromatic heterocycles. The van der Waals surface area contributed by atoms with Gasteiger partial charge in [-0.05, 0) is 43.2 Å². The van der Waals surface area contributed by atoms with E-state index in [0.29, 0.717) is 21.7 Å².